The standard InChI is InChI=1S/C19H26BrNO3/c1-14-10-11-17(16(20)12-14)21-18(22)13-24-19(23)9-5-8-15-6-3-2-4-7-15/h10-12,15H,2-9,13H2,1H3,(H,21,22). The number of hydrogen-bond donors (Lipinski definition) is 1. The summed E-state index contributed by atoms with van der Waals surface area (Å²) < 4.78 is 5.88. The number of esters is 1. The van der Waals surface area contributed by atoms with Crippen LogP contribution in [0.5, 0.6) is 0 Å². The molecule has 132 valence electrons. The number of anilines is 1. The van der Waals surface area contributed by atoms with Gasteiger partial charge in [-0.1, -0.05) is 38.2 Å². The minimum atomic E-state index is -0.319. The van der Waals surface area contributed by atoms with Crippen molar-refractivity contribution < 1.29 is 14.3 Å². The van der Waals surface area contributed by atoms with Crippen molar-refractivity contribution in [2.24, 2.45) is 5.92 Å². The zero-order chi connectivity index (χ0) is 17.4. The zero-order valence-electron chi connectivity index (χ0n) is 14.3. The zero-order valence-corrected chi connectivity index (χ0v) is 15.9. The van der Waals surface area contributed by atoms with Crippen molar-refractivity contribution >= 4 is 33.5 Å². The van der Waals surface area contributed by atoms with Gasteiger partial charge in [0.05, 0.1) is 5.69 Å². The Morgan fingerprint density at radius 3 is 2.71 bits per heavy atom. The average molecular weight is 396 g/mol. The van der Waals surface area contributed by atoms with Crippen LogP contribution in [0.15, 0.2) is 22.7 Å². The van der Waals surface area contributed by atoms with Gasteiger partial charge in [-0.3, -0.25) is 9.59 Å². The summed E-state index contributed by atoms with van der Waals surface area (Å²) >= 11 is 3.41. The summed E-state index contributed by atoms with van der Waals surface area (Å²) in [5.41, 5.74) is 1.78. The van der Waals surface area contributed by atoms with Gasteiger partial charge in [0.1, 0.15) is 0 Å². The number of carbonyl (C=O) groups is 2. The number of hydrogen-bond acceptors (Lipinski definition) is 3. The molecule has 1 aliphatic carbocycles. The first-order valence-electron chi connectivity index (χ1n) is 8.76. The Labute approximate surface area is 152 Å². The molecule has 4 nitrogen and oxygen atoms in total. The summed E-state index contributed by atoms with van der Waals surface area (Å²) in [6.07, 6.45) is 8.94. The molecule has 5 heteroatoms. The van der Waals surface area contributed by atoms with Gasteiger partial charge in [-0.15, -0.1) is 0 Å². The molecule has 1 aromatic rings. The number of halogens is 1. The number of amides is 1. The minimum Gasteiger partial charge on any atom is -0.456 e. The Hall–Kier alpha value is -1.36. The maximum Gasteiger partial charge on any atom is 0.306 e. The highest BCUT2D eigenvalue weighted by Crippen LogP contribution is 2.27. The fraction of sp³-hybridized carbons (Fsp3) is 0.579. The van der Waals surface area contributed by atoms with Gasteiger partial charge >= 0.3 is 5.97 Å². The van der Waals surface area contributed by atoms with Crippen molar-refractivity contribution in [1.82, 2.24) is 0 Å². The molecule has 0 aliphatic heterocycles. The van der Waals surface area contributed by atoms with Gasteiger partial charge in [0, 0.05) is 10.9 Å². The topological polar surface area (TPSA) is 55.4 Å². The highest BCUT2D eigenvalue weighted by atomic mass is 79.9. The Kier molecular flexibility index (Phi) is 7.76. The van der Waals surface area contributed by atoms with Crippen LogP contribution in [0.2, 0.25) is 0 Å². The fourth-order valence-corrected chi connectivity index (χ4v) is 3.73. The van der Waals surface area contributed by atoms with E-state index in [9.17, 15) is 9.59 Å². The summed E-state index contributed by atoms with van der Waals surface area (Å²) in [7, 11) is 0. The molecule has 0 spiro atoms. The van der Waals surface area contributed by atoms with Crippen LogP contribution in [0.3, 0.4) is 0 Å². The Balaban J connectivity index is 1.62. The van der Waals surface area contributed by atoms with Crippen LogP contribution < -0.4 is 5.32 Å². The molecular weight excluding hydrogens is 370 g/mol. The van der Waals surface area contributed by atoms with Crippen LogP contribution in [0.25, 0.3) is 0 Å². The van der Waals surface area contributed by atoms with Crippen molar-refractivity contribution in [3.05, 3.63) is 28.2 Å². The molecule has 0 heterocycles. The molecule has 0 bridgehead atoms. The second kappa shape index (κ2) is 9.82. The second-order valence-corrected chi connectivity index (χ2v) is 7.44. The van der Waals surface area contributed by atoms with Gasteiger partial charge in [0.15, 0.2) is 6.61 Å². The van der Waals surface area contributed by atoms with Crippen LogP contribution in [0.1, 0.15) is 56.9 Å². The molecule has 1 N–H and O–H groups in total. The molecule has 0 radical (unpaired) electrons. The summed E-state index contributed by atoms with van der Waals surface area (Å²) in [5, 5.41) is 2.74. The van der Waals surface area contributed by atoms with Crippen molar-refractivity contribution in [1.29, 1.82) is 0 Å². The first-order valence-corrected chi connectivity index (χ1v) is 9.55. The number of benzene rings is 1. The summed E-state index contributed by atoms with van der Waals surface area (Å²) in [6, 6.07) is 5.66. The van der Waals surface area contributed by atoms with E-state index in [1.807, 2.05) is 25.1 Å². The first kappa shape index (κ1) is 19.0. The van der Waals surface area contributed by atoms with E-state index < -0.39 is 0 Å². The SMILES string of the molecule is Cc1ccc(NC(=O)COC(=O)CCCC2CCCCC2)c(Br)c1. The van der Waals surface area contributed by atoms with E-state index in [-0.39, 0.29) is 18.5 Å². The van der Waals surface area contributed by atoms with Gasteiger partial charge < -0.3 is 10.1 Å². The monoisotopic (exact) mass is 395 g/mol. The van der Waals surface area contributed by atoms with E-state index in [4.69, 9.17) is 4.74 Å². The summed E-state index contributed by atoms with van der Waals surface area (Å²) in [6.45, 7) is 1.74. The van der Waals surface area contributed by atoms with Crippen molar-refractivity contribution in [3.63, 3.8) is 0 Å². The molecule has 0 unspecified atom stereocenters. The lowest BCUT2D eigenvalue weighted by Crippen LogP contribution is -2.21. The smallest absolute Gasteiger partial charge is 0.306 e. The normalized spacial score (nSPS) is 15.1. The van der Waals surface area contributed by atoms with Crippen LogP contribution in [-0.4, -0.2) is 18.5 Å². The van der Waals surface area contributed by atoms with Gasteiger partial charge in [-0.05, 0) is 59.3 Å². The molecule has 1 aliphatic rings. The van der Waals surface area contributed by atoms with Crippen molar-refractivity contribution in [2.45, 2.75) is 58.3 Å². The molecule has 1 fully saturated rings. The molecule has 1 aromatic carbocycles. The lowest BCUT2D eigenvalue weighted by Gasteiger charge is -2.20. The van der Waals surface area contributed by atoms with E-state index in [1.54, 1.807) is 0 Å². The second-order valence-electron chi connectivity index (χ2n) is 6.59. The maximum absolute atomic E-state index is 11.9. The number of carbonyl (C=O) groups excluding carboxylic acids is 2. The number of ether oxygens (including phenoxy) is 1. The van der Waals surface area contributed by atoms with E-state index >= 15 is 0 Å². The molecule has 1 amide bonds. The molecule has 24 heavy (non-hydrogen) atoms. The van der Waals surface area contributed by atoms with Crippen LogP contribution in [0.4, 0.5) is 5.69 Å². The highest BCUT2D eigenvalue weighted by Gasteiger charge is 2.14. The number of rotatable bonds is 7. The predicted molar refractivity (Wildman–Crippen MR) is 98.9 cm³/mol. The third-order valence-electron chi connectivity index (χ3n) is 4.48. The fourth-order valence-electron chi connectivity index (χ4n) is 3.14. The molecule has 1 saturated carbocycles. The van der Waals surface area contributed by atoms with Crippen molar-refractivity contribution in [3.8, 4) is 0 Å². The van der Waals surface area contributed by atoms with Crippen LogP contribution >= 0.6 is 15.9 Å². The largest absolute Gasteiger partial charge is 0.456 e. The van der Waals surface area contributed by atoms with E-state index in [2.05, 4.69) is 21.2 Å². The number of nitrogens with one attached hydrogen (secondary N) is 1. The molecule has 2 rings (SSSR count). The van der Waals surface area contributed by atoms with Crippen molar-refractivity contribution in [2.75, 3.05) is 11.9 Å². The summed E-state index contributed by atoms with van der Waals surface area (Å²) in [4.78, 5) is 23.6. The third-order valence-corrected chi connectivity index (χ3v) is 5.14. The molecule has 0 atom stereocenters. The predicted octanol–water partition coefficient (Wildman–Crippen LogP) is 4.99. The van der Waals surface area contributed by atoms with E-state index in [1.165, 1.54) is 32.1 Å². The average Bonchev–Trinajstić information content (AvgIpc) is 2.56. The molecular formula is C19H26BrNO3. The third kappa shape index (κ3) is 6.63. The van der Waals surface area contributed by atoms with Gasteiger partial charge in [-0.25, -0.2) is 0 Å². The van der Waals surface area contributed by atoms with Crippen LogP contribution in [-0.2, 0) is 14.3 Å². The minimum absolute atomic E-state index is 0.234. The van der Waals surface area contributed by atoms with E-state index in [0.29, 0.717) is 12.1 Å². The lowest BCUT2D eigenvalue weighted by molar-refractivity contribution is -0.147. The van der Waals surface area contributed by atoms with E-state index in [0.717, 1.165) is 28.8 Å². The Morgan fingerprint density at radius 1 is 1.25 bits per heavy atom. The summed E-state index contributed by atoms with van der Waals surface area (Å²) in [5.74, 6) is 0.165. The first-order chi connectivity index (χ1) is 11.5. The van der Waals surface area contributed by atoms with Gasteiger partial charge in [0.25, 0.3) is 5.91 Å². The van der Waals surface area contributed by atoms with Gasteiger partial charge in [-0.2, -0.15) is 0 Å². The van der Waals surface area contributed by atoms with Gasteiger partial charge in [0.2, 0.25) is 0 Å². The van der Waals surface area contributed by atoms with Crippen LogP contribution in [0, 0.1) is 12.8 Å². The number of aryl methyl sites for hydroxylation is 1. The molecule has 0 saturated heterocycles. The highest BCUT2D eigenvalue weighted by molar-refractivity contribution is 9.10. The maximum atomic E-state index is 11.9. The lowest BCUT2D eigenvalue weighted by atomic mass is 9.86. The Morgan fingerprint density at radius 2 is 2.00 bits per heavy atom. The Bertz CT molecular complexity index is 568. The quantitative estimate of drug-likeness (QED) is 0.661. The molecule has 0 aromatic heterocycles.